The lowest BCUT2D eigenvalue weighted by molar-refractivity contribution is 0.108. The predicted molar refractivity (Wildman–Crippen MR) is 70.2 cm³/mol. The Morgan fingerprint density at radius 2 is 1.88 bits per heavy atom. The highest BCUT2D eigenvalue weighted by Gasteiger charge is 2.28. The van der Waals surface area contributed by atoms with E-state index in [1.54, 1.807) is 12.4 Å². The number of nitrogens with zero attached hydrogens (tertiary/aromatic N) is 4. The topological polar surface area (TPSA) is 32.3 Å². The lowest BCUT2D eigenvalue weighted by Gasteiger charge is -2.44. The molecule has 0 saturated carbocycles. The van der Waals surface area contributed by atoms with E-state index in [0.717, 1.165) is 32.0 Å². The molecule has 0 amide bonds. The molecular weight excluding hydrogens is 212 g/mol. The second kappa shape index (κ2) is 5.00. The largest absolute Gasteiger partial charge is 0.353 e. The Kier molecular flexibility index (Phi) is 3.62. The van der Waals surface area contributed by atoms with Crippen LogP contribution in [0.15, 0.2) is 18.6 Å². The zero-order valence-corrected chi connectivity index (χ0v) is 11.1. The van der Waals surface area contributed by atoms with Gasteiger partial charge in [0.1, 0.15) is 5.82 Å². The van der Waals surface area contributed by atoms with Gasteiger partial charge in [-0.25, -0.2) is 4.98 Å². The highest BCUT2D eigenvalue weighted by molar-refractivity contribution is 5.35. The number of piperazine rings is 1. The van der Waals surface area contributed by atoms with Crippen LogP contribution >= 0.6 is 0 Å². The summed E-state index contributed by atoms with van der Waals surface area (Å²) in [4.78, 5) is 13.4. The Labute approximate surface area is 104 Å². The molecule has 0 unspecified atom stereocenters. The van der Waals surface area contributed by atoms with Gasteiger partial charge in [0.2, 0.25) is 0 Å². The molecule has 1 fully saturated rings. The van der Waals surface area contributed by atoms with Crippen molar-refractivity contribution in [3.05, 3.63) is 18.6 Å². The molecule has 1 aromatic rings. The van der Waals surface area contributed by atoms with Crippen molar-refractivity contribution in [2.45, 2.75) is 32.7 Å². The van der Waals surface area contributed by atoms with E-state index in [9.17, 15) is 0 Å². The fourth-order valence-electron chi connectivity index (χ4n) is 2.22. The van der Waals surface area contributed by atoms with Crippen LogP contribution in [0, 0.1) is 0 Å². The van der Waals surface area contributed by atoms with E-state index in [1.165, 1.54) is 6.42 Å². The van der Waals surface area contributed by atoms with Crippen LogP contribution in [-0.2, 0) is 0 Å². The highest BCUT2D eigenvalue weighted by Crippen LogP contribution is 2.21. The summed E-state index contributed by atoms with van der Waals surface area (Å²) in [5.41, 5.74) is 0.314. The molecule has 4 nitrogen and oxygen atoms in total. The van der Waals surface area contributed by atoms with E-state index >= 15 is 0 Å². The minimum absolute atomic E-state index is 0.314. The Morgan fingerprint density at radius 3 is 2.41 bits per heavy atom. The van der Waals surface area contributed by atoms with Crippen LogP contribution < -0.4 is 4.90 Å². The summed E-state index contributed by atoms with van der Waals surface area (Å²) >= 11 is 0. The molecule has 0 bridgehead atoms. The molecule has 1 aliphatic heterocycles. The van der Waals surface area contributed by atoms with Crippen LogP contribution in [0.4, 0.5) is 5.82 Å². The zero-order valence-electron chi connectivity index (χ0n) is 11.1. The molecule has 2 rings (SSSR count). The minimum Gasteiger partial charge on any atom is -0.353 e. The first-order chi connectivity index (χ1) is 8.13. The smallest absolute Gasteiger partial charge is 0.147 e. The lowest BCUT2D eigenvalue weighted by atomic mass is 9.98. The van der Waals surface area contributed by atoms with Crippen molar-refractivity contribution < 1.29 is 0 Å². The normalized spacial score (nSPS) is 18.4. The molecule has 0 aliphatic carbocycles. The first kappa shape index (κ1) is 12.3. The lowest BCUT2D eigenvalue weighted by Crippen LogP contribution is -2.54. The minimum atomic E-state index is 0.314. The van der Waals surface area contributed by atoms with Gasteiger partial charge >= 0.3 is 0 Å². The van der Waals surface area contributed by atoms with Crippen molar-refractivity contribution in [2.75, 3.05) is 31.1 Å². The summed E-state index contributed by atoms with van der Waals surface area (Å²) in [5.74, 6) is 1.00. The van der Waals surface area contributed by atoms with Crippen molar-refractivity contribution in [1.29, 1.82) is 0 Å². The van der Waals surface area contributed by atoms with E-state index in [0.29, 0.717) is 5.54 Å². The van der Waals surface area contributed by atoms with Crippen molar-refractivity contribution in [1.82, 2.24) is 14.9 Å². The molecular formula is C13H22N4. The van der Waals surface area contributed by atoms with Gasteiger partial charge in [0.05, 0.1) is 6.20 Å². The number of anilines is 1. The van der Waals surface area contributed by atoms with Crippen LogP contribution in [0.5, 0.6) is 0 Å². The third-order valence-corrected chi connectivity index (χ3v) is 3.87. The van der Waals surface area contributed by atoms with Crippen LogP contribution in [-0.4, -0.2) is 46.6 Å². The second-order valence-corrected chi connectivity index (χ2v) is 5.20. The number of hydrogen-bond acceptors (Lipinski definition) is 4. The third kappa shape index (κ3) is 2.75. The zero-order chi connectivity index (χ0) is 12.3. The maximum atomic E-state index is 4.35. The molecule has 1 aliphatic rings. The summed E-state index contributed by atoms with van der Waals surface area (Å²) in [5, 5.41) is 0. The van der Waals surface area contributed by atoms with Gasteiger partial charge in [-0.1, -0.05) is 6.92 Å². The van der Waals surface area contributed by atoms with Crippen LogP contribution in [0.3, 0.4) is 0 Å². The quantitative estimate of drug-likeness (QED) is 0.798. The van der Waals surface area contributed by atoms with E-state index in [4.69, 9.17) is 0 Å². The fraction of sp³-hybridized carbons (Fsp3) is 0.692. The van der Waals surface area contributed by atoms with Gasteiger partial charge in [-0.05, 0) is 20.3 Å². The van der Waals surface area contributed by atoms with Crippen molar-refractivity contribution in [3.63, 3.8) is 0 Å². The van der Waals surface area contributed by atoms with Gasteiger partial charge in [-0.2, -0.15) is 0 Å². The number of aromatic nitrogens is 2. The summed E-state index contributed by atoms with van der Waals surface area (Å²) < 4.78 is 0. The summed E-state index contributed by atoms with van der Waals surface area (Å²) in [7, 11) is 0. The Balaban J connectivity index is 1.95. The molecule has 0 spiro atoms. The maximum Gasteiger partial charge on any atom is 0.147 e. The van der Waals surface area contributed by atoms with Gasteiger partial charge in [0.25, 0.3) is 0 Å². The van der Waals surface area contributed by atoms with Crippen LogP contribution in [0.25, 0.3) is 0 Å². The summed E-state index contributed by atoms with van der Waals surface area (Å²) in [6.45, 7) is 11.2. The van der Waals surface area contributed by atoms with Crippen LogP contribution in [0.1, 0.15) is 27.2 Å². The van der Waals surface area contributed by atoms with E-state index in [2.05, 4.69) is 40.5 Å². The van der Waals surface area contributed by atoms with Crippen molar-refractivity contribution in [2.24, 2.45) is 0 Å². The van der Waals surface area contributed by atoms with Crippen LogP contribution in [0.2, 0.25) is 0 Å². The first-order valence-electron chi connectivity index (χ1n) is 6.39. The molecule has 1 aromatic heterocycles. The monoisotopic (exact) mass is 234 g/mol. The molecule has 94 valence electrons. The van der Waals surface area contributed by atoms with E-state index in [-0.39, 0.29) is 0 Å². The fourth-order valence-corrected chi connectivity index (χ4v) is 2.22. The Hall–Kier alpha value is -1.16. The van der Waals surface area contributed by atoms with Gasteiger partial charge in [0, 0.05) is 44.1 Å². The molecule has 2 heterocycles. The summed E-state index contributed by atoms with van der Waals surface area (Å²) in [6.07, 6.45) is 6.52. The first-order valence-corrected chi connectivity index (χ1v) is 6.39. The van der Waals surface area contributed by atoms with Gasteiger partial charge in [-0.15, -0.1) is 0 Å². The molecule has 1 saturated heterocycles. The van der Waals surface area contributed by atoms with E-state index < -0.39 is 0 Å². The molecule has 0 atom stereocenters. The maximum absolute atomic E-state index is 4.35. The number of hydrogen-bond donors (Lipinski definition) is 0. The Bertz CT molecular complexity index is 342. The molecule has 0 radical (unpaired) electrons. The third-order valence-electron chi connectivity index (χ3n) is 3.87. The average Bonchev–Trinajstić information content (AvgIpc) is 2.40. The molecule has 4 heteroatoms. The number of rotatable bonds is 3. The van der Waals surface area contributed by atoms with Gasteiger partial charge in [-0.3, -0.25) is 9.88 Å². The Morgan fingerprint density at radius 1 is 1.18 bits per heavy atom. The highest BCUT2D eigenvalue weighted by atomic mass is 15.3. The SMILES string of the molecule is CCC(C)(C)N1CCN(c2cnccn2)CC1. The van der Waals surface area contributed by atoms with Gasteiger partial charge < -0.3 is 4.90 Å². The average molecular weight is 234 g/mol. The van der Waals surface area contributed by atoms with Gasteiger partial charge in [0.15, 0.2) is 0 Å². The summed E-state index contributed by atoms with van der Waals surface area (Å²) in [6, 6.07) is 0. The molecule has 17 heavy (non-hydrogen) atoms. The van der Waals surface area contributed by atoms with Crippen molar-refractivity contribution in [3.8, 4) is 0 Å². The molecule has 0 N–H and O–H groups in total. The predicted octanol–water partition coefficient (Wildman–Crippen LogP) is 1.79. The standard InChI is InChI=1S/C13H22N4/c1-4-13(2,3)17-9-7-16(8-10-17)12-11-14-5-6-15-12/h5-6,11H,4,7-10H2,1-3H3. The van der Waals surface area contributed by atoms with E-state index in [1.807, 2.05) is 6.20 Å². The van der Waals surface area contributed by atoms with Crippen molar-refractivity contribution >= 4 is 5.82 Å². The molecule has 0 aromatic carbocycles. The second-order valence-electron chi connectivity index (χ2n) is 5.20.